The first-order valence-electron chi connectivity index (χ1n) is 6.19. The summed E-state index contributed by atoms with van der Waals surface area (Å²) < 4.78 is 9.93. The Labute approximate surface area is 111 Å². The van der Waals surface area contributed by atoms with Gasteiger partial charge in [-0.2, -0.15) is 4.98 Å². The van der Waals surface area contributed by atoms with E-state index < -0.39 is 5.97 Å². The van der Waals surface area contributed by atoms with Gasteiger partial charge in [-0.1, -0.05) is 6.92 Å². The SMILES string of the molecule is CCCNC(=O)CN(C)c1nc(C(=O)OCC)co1. The molecule has 0 aliphatic rings. The minimum Gasteiger partial charge on any atom is -0.461 e. The molecule has 0 fully saturated rings. The van der Waals surface area contributed by atoms with Gasteiger partial charge in [0.1, 0.15) is 12.8 Å². The predicted octanol–water partition coefficient (Wildman–Crippen LogP) is 0.814. The molecule has 0 aromatic carbocycles. The summed E-state index contributed by atoms with van der Waals surface area (Å²) >= 11 is 0. The van der Waals surface area contributed by atoms with Crippen molar-refractivity contribution in [2.45, 2.75) is 20.3 Å². The van der Waals surface area contributed by atoms with Gasteiger partial charge < -0.3 is 19.4 Å². The lowest BCUT2D eigenvalue weighted by molar-refractivity contribution is -0.119. The molecule has 1 heterocycles. The Morgan fingerprint density at radius 3 is 2.84 bits per heavy atom. The maximum atomic E-state index is 11.5. The summed E-state index contributed by atoms with van der Waals surface area (Å²) in [6, 6.07) is 0.203. The Morgan fingerprint density at radius 1 is 1.47 bits per heavy atom. The van der Waals surface area contributed by atoms with Crippen LogP contribution >= 0.6 is 0 Å². The van der Waals surface area contributed by atoms with Gasteiger partial charge >= 0.3 is 5.97 Å². The monoisotopic (exact) mass is 269 g/mol. The molecule has 0 saturated heterocycles. The zero-order valence-electron chi connectivity index (χ0n) is 11.4. The van der Waals surface area contributed by atoms with E-state index in [0.29, 0.717) is 6.54 Å². The zero-order valence-corrected chi connectivity index (χ0v) is 11.4. The van der Waals surface area contributed by atoms with Crippen molar-refractivity contribution in [3.05, 3.63) is 12.0 Å². The first-order chi connectivity index (χ1) is 9.08. The van der Waals surface area contributed by atoms with Crippen molar-refractivity contribution in [1.29, 1.82) is 0 Å². The van der Waals surface area contributed by atoms with Crippen molar-refractivity contribution in [1.82, 2.24) is 10.3 Å². The maximum absolute atomic E-state index is 11.5. The van der Waals surface area contributed by atoms with Gasteiger partial charge in [-0.25, -0.2) is 4.79 Å². The average molecular weight is 269 g/mol. The number of esters is 1. The van der Waals surface area contributed by atoms with E-state index in [1.807, 2.05) is 6.92 Å². The van der Waals surface area contributed by atoms with Gasteiger partial charge in [0, 0.05) is 13.6 Å². The van der Waals surface area contributed by atoms with Crippen molar-refractivity contribution in [3.63, 3.8) is 0 Å². The van der Waals surface area contributed by atoms with Crippen LogP contribution in [0.2, 0.25) is 0 Å². The highest BCUT2D eigenvalue weighted by Crippen LogP contribution is 2.12. The number of hydrogen-bond acceptors (Lipinski definition) is 6. The molecular weight excluding hydrogens is 250 g/mol. The quantitative estimate of drug-likeness (QED) is 0.737. The summed E-state index contributed by atoms with van der Waals surface area (Å²) in [6.07, 6.45) is 2.09. The lowest BCUT2D eigenvalue weighted by Gasteiger charge is -2.13. The lowest BCUT2D eigenvalue weighted by Crippen LogP contribution is -2.35. The fraction of sp³-hybridized carbons (Fsp3) is 0.583. The lowest BCUT2D eigenvalue weighted by atomic mass is 10.4. The summed E-state index contributed by atoms with van der Waals surface area (Å²) in [5.74, 6) is -0.665. The molecule has 0 unspecified atom stereocenters. The number of amides is 1. The van der Waals surface area contributed by atoms with Crippen LogP contribution in [0.3, 0.4) is 0 Å². The Morgan fingerprint density at radius 2 is 2.21 bits per heavy atom. The number of hydrogen-bond donors (Lipinski definition) is 1. The fourth-order valence-electron chi connectivity index (χ4n) is 1.34. The minimum atomic E-state index is -0.540. The highest BCUT2D eigenvalue weighted by atomic mass is 16.5. The van der Waals surface area contributed by atoms with Gasteiger partial charge in [-0.15, -0.1) is 0 Å². The van der Waals surface area contributed by atoms with Crippen LogP contribution in [-0.4, -0.2) is 43.6 Å². The molecule has 7 heteroatoms. The molecule has 1 aromatic rings. The minimum absolute atomic E-state index is 0.0951. The van der Waals surface area contributed by atoms with Gasteiger partial charge in [0.25, 0.3) is 6.01 Å². The van der Waals surface area contributed by atoms with Crippen LogP contribution in [-0.2, 0) is 9.53 Å². The van der Waals surface area contributed by atoms with E-state index in [9.17, 15) is 9.59 Å². The molecule has 1 amide bonds. The summed E-state index contributed by atoms with van der Waals surface area (Å²) in [5.41, 5.74) is 0.0951. The number of rotatable bonds is 7. The van der Waals surface area contributed by atoms with Crippen LogP contribution in [0.1, 0.15) is 30.8 Å². The van der Waals surface area contributed by atoms with Crippen LogP contribution in [0.25, 0.3) is 0 Å². The van der Waals surface area contributed by atoms with Crippen LogP contribution in [0.15, 0.2) is 10.7 Å². The fourth-order valence-corrected chi connectivity index (χ4v) is 1.34. The number of anilines is 1. The number of oxazole rings is 1. The highest BCUT2D eigenvalue weighted by Gasteiger charge is 2.17. The second-order valence-electron chi connectivity index (χ2n) is 3.94. The Bertz CT molecular complexity index is 430. The smallest absolute Gasteiger partial charge is 0.360 e. The molecule has 0 spiro atoms. The molecule has 0 saturated carbocycles. The topological polar surface area (TPSA) is 84.7 Å². The third-order valence-corrected chi connectivity index (χ3v) is 2.26. The van der Waals surface area contributed by atoms with Gasteiger partial charge in [-0.3, -0.25) is 4.79 Å². The van der Waals surface area contributed by atoms with E-state index >= 15 is 0 Å². The van der Waals surface area contributed by atoms with Crippen molar-refractivity contribution in [2.24, 2.45) is 0 Å². The molecule has 0 atom stereocenters. The average Bonchev–Trinajstić information content (AvgIpc) is 2.86. The number of ether oxygens (including phenoxy) is 1. The molecule has 1 rings (SSSR count). The third-order valence-electron chi connectivity index (χ3n) is 2.26. The molecule has 0 radical (unpaired) electrons. The predicted molar refractivity (Wildman–Crippen MR) is 69.0 cm³/mol. The van der Waals surface area contributed by atoms with E-state index in [1.54, 1.807) is 14.0 Å². The molecule has 7 nitrogen and oxygen atoms in total. The molecule has 1 aromatic heterocycles. The number of aromatic nitrogens is 1. The van der Waals surface area contributed by atoms with E-state index in [1.165, 1.54) is 11.2 Å². The van der Waals surface area contributed by atoms with Gasteiger partial charge in [0.05, 0.1) is 6.61 Å². The first kappa shape index (κ1) is 15.0. The number of carbonyl (C=O) groups excluding carboxylic acids is 2. The first-order valence-corrected chi connectivity index (χ1v) is 6.19. The van der Waals surface area contributed by atoms with Crippen LogP contribution < -0.4 is 10.2 Å². The molecular formula is C12H19N3O4. The van der Waals surface area contributed by atoms with Gasteiger partial charge in [0.2, 0.25) is 5.91 Å². The molecule has 0 bridgehead atoms. The normalized spacial score (nSPS) is 10.1. The summed E-state index contributed by atoms with van der Waals surface area (Å²) in [6.45, 7) is 4.71. The van der Waals surface area contributed by atoms with Crippen molar-refractivity contribution >= 4 is 17.9 Å². The van der Waals surface area contributed by atoms with Crippen molar-refractivity contribution in [2.75, 3.05) is 31.6 Å². The zero-order chi connectivity index (χ0) is 14.3. The highest BCUT2D eigenvalue weighted by molar-refractivity contribution is 5.87. The van der Waals surface area contributed by atoms with Crippen molar-refractivity contribution < 1.29 is 18.7 Å². The number of nitrogens with zero attached hydrogens (tertiary/aromatic N) is 2. The molecule has 1 N–H and O–H groups in total. The second kappa shape index (κ2) is 7.40. The van der Waals surface area contributed by atoms with E-state index in [4.69, 9.17) is 9.15 Å². The Hall–Kier alpha value is -2.05. The third kappa shape index (κ3) is 4.61. The number of nitrogens with one attached hydrogen (secondary N) is 1. The van der Waals surface area contributed by atoms with E-state index in [2.05, 4.69) is 10.3 Å². The van der Waals surface area contributed by atoms with Gasteiger partial charge in [0.15, 0.2) is 5.69 Å². The summed E-state index contributed by atoms with van der Waals surface area (Å²) in [4.78, 5) is 28.4. The van der Waals surface area contributed by atoms with Crippen LogP contribution in [0, 0.1) is 0 Å². The molecule has 0 aliphatic carbocycles. The molecule has 19 heavy (non-hydrogen) atoms. The van der Waals surface area contributed by atoms with Crippen LogP contribution in [0.4, 0.5) is 6.01 Å². The van der Waals surface area contributed by atoms with Crippen molar-refractivity contribution in [3.8, 4) is 0 Å². The number of likely N-dealkylation sites (N-methyl/N-ethyl adjacent to an activating group) is 1. The second-order valence-corrected chi connectivity index (χ2v) is 3.94. The van der Waals surface area contributed by atoms with Gasteiger partial charge in [-0.05, 0) is 13.3 Å². The number of carbonyl (C=O) groups is 2. The summed E-state index contributed by atoms with van der Waals surface area (Å²) in [7, 11) is 1.66. The Balaban J connectivity index is 2.55. The Kier molecular flexibility index (Phi) is 5.84. The maximum Gasteiger partial charge on any atom is 0.360 e. The standard InChI is InChI=1S/C12H19N3O4/c1-4-6-13-10(16)7-15(3)12-14-9(8-19-12)11(17)18-5-2/h8H,4-7H2,1-3H3,(H,13,16). The molecule has 0 aliphatic heterocycles. The van der Waals surface area contributed by atoms with E-state index in [0.717, 1.165) is 6.42 Å². The molecule has 106 valence electrons. The summed E-state index contributed by atoms with van der Waals surface area (Å²) in [5, 5.41) is 2.74. The van der Waals surface area contributed by atoms with Crippen LogP contribution in [0.5, 0.6) is 0 Å². The van der Waals surface area contributed by atoms with E-state index in [-0.39, 0.29) is 30.8 Å². The largest absolute Gasteiger partial charge is 0.461 e.